The van der Waals surface area contributed by atoms with Gasteiger partial charge >= 0.3 is 0 Å². The molecule has 0 nitrogen and oxygen atoms in total. The van der Waals surface area contributed by atoms with Gasteiger partial charge in [-0.15, -0.1) is 0 Å². The molecule has 0 aliphatic heterocycles. The third kappa shape index (κ3) is 5.38. The first kappa shape index (κ1) is 16.3. The van der Waals surface area contributed by atoms with Gasteiger partial charge in [0.1, 0.15) is 0 Å². The van der Waals surface area contributed by atoms with E-state index in [-0.39, 0.29) is 0 Å². The monoisotopic (exact) mass is 260 g/mol. The van der Waals surface area contributed by atoms with Gasteiger partial charge in [-0.25, -0.2) is 0 Å². The van der Waals surface area contributed by atoms with Crippen molar-refractivity contribution in [3.63, 3.8) is 0 Å². The van der Waals surface area contributed by atoms with Crippen LogP contribution in [0.2, 0.25) is 0 Å². The minimum Gasteiger partial charge on any atom is -0.0654 e. The first-order valence-corrected chi connectivity index (χ1v) is 7.92. The summed E-state index contributed by atoms with van der Waals surface area (Å²) in [7, 11) is 0. The summed E-state index contributed by atoms with van der Waals surface area (Å²) in [6, 6.07) is 4.73. The lowest BCUT2D eigenvalue weighted by Gasteiger charge is -2.23. The summed E-state index contributed by atoms with van der Waals surface area (Å²) in [5.74, 6) is 0. The van der Waals surface area contributed by atoms with E-state index in [9.17, 15) is 0 Å². The molecule has 0 aromatic heterocycles. The van der Waals surface area contributed by atoms with Crippen LogP contribution >= 0.6 is 0 Å². The van der Waals surface area contributed by atoms with Gasteiger partial charge in [0, 0.05) is 0 Å². The Labute approximate surface area is 120 Å². The van der Waals surface area contributed by atoms with Gasteiger partial charge in [0.25, 0.3) is 0 Å². The highest BCUT2D eigenvalue weighted by atomic mass is 14.2. The van der Waals surface area contributed by atoms with Crippen LogP contribution in [0.4, 0.5) is 0 Å². The molecule has 0 heteroatoms. The van der Waals surface area contributed by atoms with E-state index in [4.69, 9.17) is 0 Å². The van der Waals surface area contributed by atoms with Gasteiger partial charge in [-0.3, -0.25) is 0 Å². The Morgan fingerprint density at radius 1 is 0.842 bits per heavy atom. The molecule has 1 aromatic rings. The number of unbranched alkanes of at least 4 members (excludes halogenated alkanes) is 1. The Kier molecular flexibility index (Phi) is 6.10. The van der Waals surface area contributed by atoms with Crippen LogP contribution in [-0.4, -0.2) is 0 Å². The van der Waals surface area contributed by atoms with Gasteiger partial charge in [0.15, 0.2) is 0 Å². The lowest BCUT2D eigenvalue weighted by molar-refractivity contribution is 0.293. The van der Waals surface area contributed by atoms with E-state index in [0.717, 1.165) is 0 Å². The number of hydrogen-bond donors (Lipinski definition) is 0. The zero-order chi connectivity index (χ0) is 14.5. The average Bonchev–Trinajstić information content (AvgIpc) is 2.30. The van der Waals surface area contributed by atoms with Gasteiger partial charge in [-0.1, -0.05) is 45.7 Å². The molecule has 0 heterocycles. The van der Waals surface area contributed by atoms with E-state index in [1.54, 1.807) is 5.56 Å². The van der Waals surface area contributed by atoms with E-state index in [1.807, 2.05) is 0 Å². The standard InChI is InChI=1S/C19H32/c1-7-11-19(5,6)12-9-8-10-18-14-16(3)15(2)13-17(18)4/h13-14H,7-12H2,1-6H3. The third-order valence-corrected chi connectivity index (χ3v) is 4.43. The Balaban J connectivity index is 2.44. The fraction of sp³-hybridized carbons (Fsp3) is 0.684. The Hall–Kier alpha value is -0.780. The lowest BCUT2D eigenvalue weighted by Crippen LogP contribution is -2.10. The van der Waals surface area contributed by atoms with E-state index in [1.165, 1.54) is 55.2 Å². The zero-order valence-corrected chi connectivity index (χ0v) is 13.9. The fourth-order valence-corrected chi connectivity index (χ4v) is 3.01. The van der Waals surface area contributed by atoms with Gasteiger partial charge in [0.2, 0.25) is 0 Å². The maximum absolute atomic E-state index is 2.41. The molecule has 0 saturated heterocycles. The number of benzene rings is 1. The first-order chi connectivity index (χ1) is 8.85. The molecule has 1 rings (SSSR count). The van der Waals surface area contributed by atoms with Crippen molar-refractivity contribution >= 4 is 0 Å². The van der Waals surface area contributed by atoms with E-state index >= 15 is 0 Å². The minimum atomic E-state index is 0.535. The van der Waals surface area contributed by atoms with Crippen LogP contribution in [0.1, 0.15) is 75.1 Å². The number of rotatable bonds is 7. The number of aryl methyl sites for hydroxylation is 4. The summed E-state index contributed by atoms with van der Waals surface area (Å²) < 4.78 is 0. The molecule has 0 saturated carbocycles. The molecule has 0 radical (unpaired) electrons. The van der Waals surface area contributed by atoms with Crippen molar-refractivity contribution in [1.82, 2.24) is 0 Å². The summed E-state index contributed by atoms with van der Waals surface area (Å²) in [5.41, 5.74) is 6.41. The van der Waals surface area contributed by atoms with Crippen LogP contribution in [0.15, 0.2) is 12.1 Å². The first-order valence-electron chi connectivity index (χ1n) is 7.92. The van der Waals surface area contributed by atoms with Crippen LogP contribution < -0.4 is 0 Å². The van der Waals surface area contributed by atoms with Crippen molar-refractivity contribution in [2.75, 3.05) is 0 Å². The summed E-state index contributed by atoms with van der Waals surface area (Å²) in [6.45, 7) is 13.8. The maximum atomic E-state index is 2.41. The molecule has 0 unspecified atom stereocenters. The average molecular weight is 260 g/mol. The smallest absolute Gasteiger partial charge is 0.0276 e. The third-order valence-electron chi connectivity index (χ3n) is 4.43. The number of hydrogen-bond acceptors (Lipinski definition) is 0. The molecule has 0 aliphatic rings. The summed E-state index contributed by atoms with van der Waals surface area (Å²) in [5, 5.41) is 0. The molecular formula is C19H32. The van der Waals surface area contributed by atoms with Crippen LogP contribution in [0, 0.1) is 26.2 Å². The van der Waals surface area contributed by atoms with E-state index in [2.05, 4.69) is 53.7 Å². The zero-order valence-electron chi connectivity index (χ0n) is 13.9. The molecule has 0 fully saturated rings. The molecule has 19 heavy (non-hydrogen) atoms. The summed E-state index contributed by atoms with van der Waals surface area (Å²) in [6.07, 6.45) is 7.97. The van der Waals surface area contributed by atoms with Crippen molar-refractivity contribution < 1.29 is 0 Å². The normalized spacial score (nSPS) is 11.9. The molecule has 0 bridgehead atoms. The predicted molar refractivity (Wildman–Crippen MR) is 86.9 cm³/mol. The highest BCUT2D eigenvalue weighted by Gasteiger charge is 2.15. The minimum absolute atomic E-state index is 0.535. The Morgan fingerprint density at radius 3 is 2.11 bits per heavy atom. The molecule has 0 spiro atoms. The highest BCUT2D eigenvalue weighted by molar-refractivity contribution is 5.36. The van der Waals surface area contributed by atoms with Crippen LogP contribution in [0.25, 0.3) is 0 Å². The van der Waals surface area contributed by atoms with Crippen LogP contribution in [0.3, 0.4) is 0 Å². The molecule has 0 N–H and O–H groups in total. The SMILES string of the molecule is CCCC(C)(C)CCCCc1cc(C)c(C)cc1C. The molecule has 0 amide bonds. The van der Waals surface area contributed by atoms with Crippen molar-refractivity contribution in [2.24, 2.45) is 5.41 Å². The Morgan fingerprint density at radius 2 is 1.47 bits per heavy atom. The second-order valence-corrected chi connectivity index (χ2v) is 6.98. The highest BCUT2D eigenvalue weighted by Crippen LogP contribution is 2.29. The molecule has 0 atom stereocenters. The second kappa shape index (κ2) is 7.12. The van der Waals surface area contributed by atoms with Gasteiger partial charge in [0.05, 0.1) is 0 Å². The molecule has 108 valence electrons. The second-order valence-electron chi connectivity index (χ2n) is 6.98. The van der Waals surface area contributed by atoms with Crippen molar-refractivity contribution in [1.29, 1.82) is 0 Å². The van der Waals surface area contributed by atoms with Gasteiger partial charge < -0.3 is 0 Å². The van der Waals surface area contributed by atoms with Crippen molar-refractivity contribution in [3.05, 3.63) is 34.4 Å². The van der Waals surface area contributed by atoms with Gasteiger partial charge in [-0.05, 0) is 74.1 Å². The van der Waals surface area contributed by atoms with Crippen LogP contribution in [0.5, 0.6) is 0 Å². The van der Waals surface area contributed by atoms with E-state index < -0.39 is 0 Å². The molecule has 0 aliphatic carbocycles. The van der Waals surface area contributed by atoms with Crippen molar-refractivity contribution in [2.45, 2.75) is 80.1 Å². The van der Waals surface area contributed by atoms with E-state index in [0.29, 0.717) is 5.41 Å². The topological polar surface area (TPSA) is 0 Å². The lowest BCUT2D eigenvalue weighted by atomic mass is 9.82. The van der Waals surface area contributed by atoms with Crippen LogP contribution in [-0.2, 0) is 6.42 Å². The van der Waals surface area contributed by atoms with Crippen molar-refractivity contribution in [3.8, 4) is 0 Å². The molecular weight excluding hydrogens is 228 g/mol. The molecule has 1 aromatic carbocycles. The maximum Gasteiger partial charge on any atom is -0.0276 e. The predicted octanol–water partition coefficient (Wildman–Crippen LogP) is 6.15. The summed E-state index contributed by atoms with van der Waals surface area (Å²) in [4.78, 5) is 0. The quantitative estimate of drug-likeness (QED) is 0.516. The fourth-order valence-electron chi connectivity index (χ4n) is 3.01. The largest absolute Gasteiger partial charge is 0.0654 e. The van der Waals surface area contributed by atoms with Gasteiger partial charge in [-0.2, -0.15) is 0 Å². The summed E-state index contributed by atoms with van der Waals surface area (Å²) >= 11 is 0. The Bertz CT molecular complexity index is 399.